The first-order valence-electron chi connectivity index (χ1n) is 3.17. The van der Waals surface area contributed by atoms with Gasteiger partial charge in [0, 0.05) is 5.75 Å². The molecule has 0 radical (unpaired) electrons. The highest BCUT2D eigenvalue weighted by Crippen LogP contribution is 2.13. The van der Waals surface area contributed by atoms with Crippen molar-refractivity contribution in [2.45, 2.75) is 18.6 Å². The zero-order valence-corrected chi connectivity index (χ0v) is 6.86. The molecule has 1 unspecified atom stereocenters. The van der Waals surface area contributed by atoms with Gasteiger partial charge in [0.15, 0.2) is 0 Å². The second-order valence-electron chi connectivity index (χ2n) is 1.86. The predicted octanol–water partition coefficient (Wildman–Crippen LogP) is 1.77. The Kier molecular flexibility index (Phi) is 5.12. The molecule has 0 saturated heterocycles. The molecule has 0 aliphatic rings. The molecule has 0 aromatic carbocycles. The van der Waals surface area contributed by atoms with Crippen LogP contribution in [-0.4, -0.2) is 22.1 Å². The van der Waals surface area contributed by atoms with E-state index in [1.54, 1.807) is 6.08 Å². The summed E-state index contributed by atoms with van der Waals surface area (Å²) >= 11 is 1.41. The van der Waals surface area contributed by atoms with Crippen molar-refractivity contribution in [1.29, 1.82) is 0 Å². The number of carboxylic acids is 1. The van der Waals surface area contributed by atoms with Gasteiger partial charge in [-0.3, -0.25) is 4.79 Å². The molecule has 0 aromatic heterocycles. The fourth-order valence-corrected chi connectivity index (χ4v) is 1.29. The Bertz CT molecular complexity index is 123. The largest absolute Gasteiger partial charge is 0.480 e. The van der Waals surface area contributed by atoms with E-state index in [-0.39, 0.29) is 5.25 Å². The molecule has 1 atom stereocenters. The lowest BCUT2D eigenvalue weighted by Crippen LogP contribution is -2.14. The normalized spacial score (nSPS) is 12.5. The van der Waals surface area contributed by atoms with Crippen LogP contribution < -0.4 is 0 Å². The number of rotatable bonds is 5. The molecule has 0 spiro atoms. The highest BCUT2D eigenvalue weighted by atomic mass is 32.2. The molecule has 0 rings (SSSR count). The average Bonchev–Trinajstić information content (AvgIpc) is 1.89. The Hall–Kier alpha value is -0.440. The summed E-state index contributed by atoms with van der Waals surface area (Å²) in [5.74, 6) is -0.0144. The van der Waals surface area contributed by atoms with Gasteiger partial charge in [-0.1, -0.05) is 13.0 Å². The molecule has 0 heterocycles. The number of carbonyl (C=O) groups is 1. The van der Waals surface area contributed by atoms with Gasteiger partial charge in [0.05, 0.1) is 0 Å². The van der Waals surface area contributed by atoms with Crippen LogP contribution in [-0.2, 0) is 4.79 Å². The second kappa shape index (κ2) is 5.35. The monoisotopic (exact) mass is 160 g/mol. The summed E-state index contributed by atoms with van der Waals surface area (Å²) in [5, 5.41) is 8.28. The minimum atomic E-state index is -0.727. The maximum Gasteiger partial charge on any atom is 0.316 e. The van der Waals surface area contributed by atoms with E-state index < -0.39 is 5.97 Å². The molecule has 0 aliphatic carbocycles. The Balaban J connectivity index is 3.60. The van der Waals surface area contributed by atoms with E-state index in [1.165, 1.54) is 11.8 Å². The highest BCUT2D eigenvalue weighted by Gasteiger charge is 2.13. The van der Waals surface area contributed by atoms with E-state index in [4.69, 9.17) is 5.11 Å². The third-order valence-corrected chi connectivity index (χ3v) is 2.43. The van der Waals surface area contributed by atoms with Gasteiger partial charge in [0.1, 0.15) is 5.25 Å². The molecular formula is C7H12O2S. The second-order valence-corrected chi connectivity index (χ2v) is 3.09. The van der Waals surface area contributed by atoms with E-state index in [9.17, 15) is 4.79 Å². The Morgan fingerprint density at radius 2 is 2.50 bits per heavy atom. The standard InChI is InChI=1S/C7H12O2S/c1-3-5-10-6(4-2)7(8)9/h3,6H,1,4-5H2,2H3,(H,8,9). The van der Waals surface area contributed by atoms with Crippen molar-refractivity contribution < 1.29 is 9.90 Å². The summed E-state index contributed by atoms with van der Waals surface area (Å²) in [7, 11) is 0. The SMILES string of the molecule is C=CCSC(CC)C(=O)O. The van der Waals surface area contributed by atoms with Gasteiger partial charge in [-0.15, -0.1) is 18.3 Å². The van der Waals surface area contributed by atoms with Gasteiger partial charge in [0.2, 0.25) is 0 Å². The molecule has 3 heteroatoms. The van der Waals surface area contributed by atoms with Gasteiger partial charge < -0.3 is 5.11 Å². The van der Waals surface area contributed by atoms with Crippen LogP contribution >= 0.6 is 11.8 Å². The molecule has 0 bridgehead atoms. The minimum absolute atomic E-state index is 0.266. The summed E-state index contributed by atoms with van der Waals surface area (Å²) in [6.07, 6.45) is 2.39. The van der Waals surface area contributed by atoms with Crippen LogP contribution in [0.2, 0.25) is 0 Å². The molecule has 2 nitrogen and oxygen atoms in total. The maximum atomic E-state index is 10.4. The first-order valence-corrected chi connectivity index (χ1v) is 4.22. The van der Waals surface area contributed by atoms with Gasteiger partial charge in [0.25, 0.3) is 0 Å². The zero-order valence-electron chi connectivity index (χ0n) is 6.04. The third kappa shape index (κ3) is 3.56. The minimum Gasteiger partial charge on any atom is -0.480 e. The predicted molar refractivity (Wildman–Crippen MR) is 44.4 cm³/mol. The first kappa shape index (κ1) is 9.56. The lowest BCUT2D eigenvalue weighted by molar-refractivity contribution is -0.136. The number of hydrogen-bond donors (Lipinski definition) is 1. The summed E-state index contributed by atoms with van der Waals surface area (Å²) in [5.41, 5.74) is 0. The lowest BCUT2D eigenvalue weighted by atomic mass is 10.3. The van der Waals surface area contributed by atoms with Crippen molar-refractivity contribution in [2.75, 3.05) is 5.75 Å². The van der Waals surface area contributed by atoms with Crippen molar-refractivity contribution in [2.24, 2.45) is 0 Å². The van der Waals surface area contributed by atoms with Crippen LogP contribution in [0.15, 0.2) is 12.7 Å². The van der Waals surface area contributed by atoms with Crippen molar-refractivity contribution in [3.05, 3.63) is 12.7 Å². The van der Waals surface area contributed by atoms with Crippen LogP contribution in [0.25, 0.3) is 0 Å². The smallest absolute Gasteiger partial charge is 0.316 e. The molecule has 0 fully saturated rings. The van der Waals surface area contributed by atoms with Crippen molar-refractivity contribution >= 4 is 17.7 Å². The fraction of sp³-hybridized carbons (Fsp3) is 0.571. The summed E-state index contributed by atoms with van der Waals surface area (Å²) in [6.45, 7) is 5.38. The molecule has 0 saturated carbocycles. The summed E-state index contributed by atoms with van der Waals surface area (Å²) < 4.78 is 0. The van der Waals surface area contributed by atoms with E-state index in [0.29, 0.717) is 12.2 Å². The van der Waals surface area contributed by atoms with Gasteiger partial charge in [-0.05, 0) is 6.42 Å². The topological polar surface area (TPSA) is 37.3 Å². The third-order valence-electron chi connectivity index (χ3n) is 1.06. The molecule has 1 N–H and O–H groups in total. The molecule has 0 aromatic rings. The Morgan fingerprint density at radius 1 is 1.90 bits per heavy atom. The van der Waals surface area contributed by atoms with Crippen LogP contribution in [0.4, 0.5) is 0 Å². The van der Waals surface area contributed by atoms with Crippen LogP contribution in [0.5, 0.6) is 0 Å². The molecule has 0 aliphatic heterocycles. The van der Waals surface area contributed by atoms with E-state index in [2.05, 4.69) is 6.58 Å². The van der Waals surface area contributed by atoms with Crippen LogP contribution in [0, 0.1) is 0 Å². The van der Waals surface area contributed by atoms with Gasteiger partial charge in [-0.2, -0.15) is 0 Å². The van der Waals surface area contributed by atoms with Crippen molar-refractivity contribution in [1.82, 2.24) is 0 Å². The molecule has 0 amide bonds. The molecule has 10 heavy (non-hydrogen) atoms. The van der Waals surface area contributed by atoms with E-state index in [0.717, 1.165) is 0 Å². The van der Waals surface area contributed by atoms with E-state index >= 15 is 0 Å². The number of carboxylic acid groups (broad SMARTS) is 1. The summed E-state index contributed by atoms with van der Waals surface area (Å²) in [6, 6.07) is 0. The van der Waals surface area contributed by atoms with Gasteiger partial charge in [-0.25, -0.2) is 0 Å². The number of aliphatic carboxylic acids is 1. The summed E-state index contributed by atoms with van der Waals surface area (Å²) in [4.78, 5) is 10.4. The van der Waals surface area contributed by atoms with Crippen molar-refractivity contribution in [3.8, 4) is 0 Å². The molecular weight excluding hydrogens is 148 g/mol. The average molecular weight is 160 g/mol. The highest BCUT2D eigenvalue weighted by molar-refractivity contribution is 8.00. The Labute approximate surface area is 65.3 Å². The molecule has 58 valence electrons. The van der Waals surface area contributed by atoms with Crippen LogP contribution in [0.3, 0.4) is 0 Å². The van der Waals surface area contributed by atoms with Crippen molar-refractivity contribution in [3.63, 3.8) is 0 Å². The van der Waals surface area contributed by atoms with E-state index in [1.807, 2.05) is 6.92 Å². The lowest BCUT2D eigenvalue weighted by Gasteiger charge is -2.05. The maximum absolute atomic E-state index is 10.4. The Morgan fingerprint density at radius 3 is 2.80 bits per heavy atom. The zero-order chi connectivity index (χ0) is 7.98. The number of hydrogen-bond acceptors (Lipinski definition) is 2. The quantitative estimate of drug-likeness (QED) is 0.623. The van der Waals surface area contributed by atoms with Gasteiger partial charge >= 0.3 is 5.97 Å². The fourth-order valence-electron chi connectivity index (χ4n) is 0.548. The number of thioether (sulfide) groups is 1. The van der Waals surface area contributed by atoms with Crippen LogP contribution in [0.1, 0.15) is 13.3 Å². The first-order chi connectivity index (χ1) is 4.72.